The first-order valence-corrected chi connectivity index (χ1v) is 8.29. The number of hydrogen-bond donors (Lipinski definition) is 1. The van der Waals surface area contributed by atoms with Crippen molar-refractivity contribution >= 4 is 21.6 Å². The Bertz CT molecular complexity index is 539. The van der Waals surface area contributed by atoms with Crippen molar-refractivity contribution in [3.8, 4) is 0 Å². The smallest absolute Gasteiger partial charge is 0.392 e. The number of aliphatic hydroxyl groups is 1. The van der Waals surface area contributed by atoms with Crippen molar-refractivity contribution in [1.82, 2.24) is 0 Å². The summed E-state index contributed by atoms with van der Waals surface area (Å²) < 4.78 is 60.3. The Balaban J connectivity index is 2.94. The molecule has 3 nitrogen and oxygen atoms in total. The number of hydrogen-bond acceptors (Lipinski definition) is 4. The summed E-state index contributed by atoms with van der Waals surface area (Å²) in [6, 6.07) is 3.52. The molecule has 1 rings (SSSR count). The van der Waals surface area contributed by atoms with Gasteiger partial charge in [-0.15, -0.1) is 11.8 Å². The van der Waals surface area contributed by atoms with E-state index in [2.05, 4.69) is 0 Å². The second-order valence-corrected chi connectivity index (χ2v) is 7.36. The number of rotatable bonds is 5. The Hall–Kier alpha value is -0.730. The van der Waals surface area contributed by atoms with E-state index >= 15 is 0 Å². The van der Waals surface area contributed by atoms with Gasteiger partial charge in [-0.3, -0.25) is 0 Å². The van der Waals surface area contributed by atoms with Crippen LogP contribution < -0.4 is 0 Å². The minimum atomic E-state index is -4.53. The number of aliphatic hydroxyl groups excluding tert-OH is 1. The Kier molecular flexibility index (Phi) is 5.28. The average Bonchev–Trinajstić information content (AvgIpc) is 2.26. The van der Waals surface area contributed by atoms with Gasteiger partial charge in [-0.1, -0.05) is 6.07 Å². The van der Waals surface area contributed by atoms with E-state index in [1.54, 1.807) is 0 Å². The molecular formula is C11H13F3O3S2. The summed E-state index contributed by atoms with van der Waals surface area (Å²) in [6.07, 6.45) is -3.49. The predicted octanol–water partition coefficient (Wildman–Crippen LogP) is 2.33. The molecule has 0 atom stereocenters. The fraction of sp³-hybridized carbons (Fsp3) is 0.455. The van der Waals surface area contributed by atoms with Gasteiger partial charge < -0.3 is 5.11 Å². The molecule has 0 bridgehead atoms. The van der Waals surface area contributed by atoms with Gasteiger partial charge in [0.05, 0.1) is 17.9 Å². The number of thioether (sulfide) groups is 1. The van der Waals surface area contributed by atoms with Crippen LogP contribution in [-0.4, -0.2) is 31.3 Å². The fourth-order valence-electron chi connectivity index (χ4n) is 1.33. The molecule has 19 heavy (non-hydrogen) atoms. The van der Waals surface area contributed by atoms with Crippen molar-refractivity contribution in [3.05, 3.63) is 29.3 Å². The van der Waals surface area contributed by atoms with Crippen LogP contribution in [0.15, 0.2) is 23.1 Å². The summed E-state index contributed by atoms with van der Waals surface area (Å²) in [7, 11) is -3.20. The molecule has 0 saturated carbocycles. The first kappa shape index (κ1) is 16.3. The molecule has 1 aromatic carbocycles. The molecule has 0 spiro atoms. The maximum Gasteiger partial charge on any atom is 0.417 e. The highest BCUT2D eigenvalue weighted by atomic mass is 32.2. The average molecular weight is 314 g/mol. The van der Waals surface area contributed by atoms with Gasteiger partial charge in [-0.2, -0.15) is 13.2 Å². The van der Waals surface area contributed by atoms with Crippen LogP contribution in [0.25, 0.3) is 0 Å². The molecule has 0 aliphatic carbocycles. The lowest BCUT2D eigenvalue weighted by molar-refractivity contribution is -0.139. The number of halogens is 3. The number of alkyl halides is 3. The van der Waals surface area contributed by atoms with Crippen molar-refractivity contribution in [2.45, 2.75) is 17.7 Å². The quantitative estimate of drug-likeness (QED) is 0.848. The molecule has 1 aromatic rings. The molecule has 1 N–H and O–H groups in total. The first-order chi connectivity index (χ1) is 8.63. The molecule has 0 saturated heterocycles. The maximum atomic E-state index is 12.8. The van der Waals surface area contributed by atoms with E-state index in [9.17, 15) is 21.6 Å². The van der Waals surface area contributed by atoms with E-state index in [0.29, 0.717) is 0 Å². The van der Waals surface area contributed by atoms with E-state index < -0.39 is 28.2 Å². The molecule has 0 heterocycles. The maximum absolute atomic E-state index is 12.8. The van der Waals surface area contributed by atoms with Crippen LogP contribution in [0.2, 0.25) is 0 Å². The van der Waals surface area contributed by atoms with Crippen molar-refractivity contribution < 1.29 is 26.7 Å². The van der Waals surface area contributed by atoms with Crippen molar-refractivity contribution in [2.75, 3.05) is 17.8 Å². The zero-order chi connectivity index (χ0) is 14.7. The van der Waals surface area contributed by atoms with Crippen LogP contribution in [0, 0.1) is 0 Å². The molecule has 0 aliphatic rings. The van der Waals surface area contributed by atoms with E-state index in [-0.39, 0.29) is 22.0 Å². The van der Waals surface area contributed by atoms with Gasteiger partial charge in [-0.25, -0.2) is 8.42 Å². The minimum Gasteiger partial charge on any atom is -0.392 e. The van der Waals surface area contributed by atoms with Crippen LogP contribution in [0.5, 0.6) is 0 Å². The summed E-state index contributed by atoms with van der Waals surface area (Å²) >= 11 is 0.839. The molecule has 108 valence electrons. The lowest BCUT2D eigenvalue weighted by Gasteiger charge is -2.13. The molecular weight excluding hydrogens is 301 g/mol. The van der Waals surface area contributed by atoms with E-state index in [4.69, 9.17) is 5.11 Å². The van der Waals surface area contributed by atoms with Gasteiger partial charge in [-0.05, 0) is 17.7 Å². The summed E-state index contributed by atoms with van der Waals surface area (Å²) in [5.41, 5.74) is -0.683. The van der Waals surface area contributed by atoms with Crippen LogP contribution in [-0.2, 0) is 22.6 Å². The van der Waals surface area contributed by atoms with Crippen molar-refractivity contribution in [1.29, 1.82) is 0 Å². The Labute approximate surface area is 113 Å². The highest BCUT2D eigenvalue weighted by molar-refractivity contribution is 8.00. The van der Waals surface area contributed by atoms with Crippen molar-refractivity contribution in [2.24, 2.45) is 0 Å². The Morgan fingerprint density at radius 2 is 1.95 bits per heavy atom. The molecule has 8 heteroatoms. The monoisotopic (exact) mass is 314 g/mol. The third-order valence-electron chi connectivity index (χ3n) is 2.24. The summed E-state index contributed by atoms with van der Waals surface area (Å²) in [6.45, 7) is -0.475. The number of sulfone groups is 1. The van der Waals surface area contributed by atoms with E-state index in [1.807, 2.05) is 0 Å². The van der Waals surface area contributed by atoms with Crippen LogP contribution in [0.1, 0.15) is 11.1 Å². The molecule has 0 unspecified atom stereocenters. The highest BCUT2D eigenvalue weighted by Crippen LogP contribution is 2.37. The zero-order valence-electron chi connectivity index (χ0n) is 10.1. The topological polar surface area (TPSA) is 54.4 Å². The van der Waals surface area contributed by atoms with E-state index in [0.717, 1.165) is 24.1 Å². The Morgan fingerprint density at radius 3 is 2.42 bits per heavy atom. The third kappa shape index (κ3) is 5.42. The molecule has 0 radical (unpaired) electrons. The SMILES string of the molecule is CS(=O)(=O)CCSc1ccc(CO)cc1C(F)(F)F. The van der Waals surface area contributed by atoms with Gasteiger partial charge in [0, 0.05) is 16.9 Å². The molecule has 0 aliphatic heterocycles. The summed E-state index contributed by atoms with van der Waals surface area (Å²) in [5.74, 6) is -0.128. The van der Waals surface area contributed by atoms with Gasteiger partial charge in [0.2, 0.25) is 0 Å². The predicted molar refractivity (Wildman–Crippen MR) is 67.8 cm³/mol. The van der Waals surface area contributed by atoms with Gasteiger partial charge in [0.15, 0.2) is 0 Å². The Morgan fingerprint density at radius 1 is 1.32 bits per heavy atom. The van der Waals surface area contributed by atoms with E-state index in [1.165, 1.54) is 12.1 Å². The van der Waals surface area contributed by atoms with Gasteiger partial charge in [0.1, 0.15) is 9.84 Å². The van der Waals surface area contributed by atoms with Crippen LogP contribution in [0.3, 0.4) is 0 Å². The first-order valence-electron chi connectivity index (χ1n) is 5.25. The summed E-state index contributed by atoms with van der Waals surface area (Å²) in [5, 5.41) is 8.85. The molecule has 0 aromatic heterocycles. The molecule has 0 amide bonds. The second kappa shape index (κ2) is 6.15. The standard InChI is InChI=1S/C11H13F3O3S2/c1-19(16,17)5-4-18-10-3-2-8(7-15)6-9(10)11(12,13)14/h2-3,6,15H,4-5,7H2,1H3. The second-order valence-electron chi connectivity index (χ2n) is 3.96. The fourth-order valence-corrected chi connectivity index (χ4v) is 3.58. The normalized spacial score (nSPS) is 12.7. The van der Waals surface area contributed by atoms with Gasteiger partial charge in [0.25, 0.3) is 0 Å². The van der Waals surface area contributed by atoms with Crippen molar-refractivity contribution in [3.63, 3.8) is 0 Å². The highest BCUT2D eigenvalue weighted by Gasteiger charge is 2.33. The summed E-state index contributed by atoms with van der Waals surface area (Å²) in [4.78, 5) is -0.0339. The van der Waals surface area contributed by atoms with Crippen LogP contribution >= 0.6 is 11.8 Å². The zero-order valence-corrected chi connectivity index (χ0v) is 11.7. The van der Waals surface area contributed by atoms with Crippen LogP contribution in [0.4, 0.5) is 13.2 Å². The lowest BCUT2D eigenvalue weighted by Crippen LogP contribution is -2.09. The third-order valence-corrected chi connectivity index (χ3v) is 4.52. The lowest BCUT2D eigenvalue weighted by atomic mass is 10.1. The minimum absolute atomic E-state index is 0.0339. The van der Waals surface area contributed by atoms with Gasteiger partial charge >= 0.3 is 6.18 Å². The molecule has 0 fully saturated rings. The number of benzene rings is 1. The largest absolute Gasteiger partial charge is 0.417 e.